The van der Waals surface area contributed by atoms with E-state index in [1.165, 1.54) is 11.3 Å². The van der Waals surface area contributed by atoms with E-state index in [2.05, 4.69) is 15.6 Å². The molecule has 3 amide bonds. The Kier molecular flexibility index (Phi) is 5.10. The summed E-state index contributed by atoms with van der Waals surface area (Å²) in [7, 11) is 1.74. The minimum absolute atomic E-state index is 0.0312. The molecule has 7 heteroatoms. The number of thiazole rings is 1. The number of nitrogens with zero attached hydrogens (tertiary/aromatic N) is 2. The molecule has 126 valence electrons. The molecule has 3 rings (SSSR count). The fraction of sp³-hybridized carbons (Fsp3) is 0.353. The first-order chi connectivity index (χ1) is 11.6. The molecule has 1 heterocycles. The quantitative estimate of drug-likeness (QED) is 0.845. The molecule has 1 aromatic carbocycles. The van der Waals surface area contributed by atoms with Crippen molar-refractivity contribution in [1.82, 2.24) is 20.5 Å². The number of nitrogens with one attached hydrogen (secondary N) is 2. The minimum atomic E-state index is -0.152. The molecule has 0 radical (unpaired) electrons. The van der Waals surface area contributed by atoms with Crippen LogP contribution < -0.4 is 10.6 Å². The number of hydrogen-bond acceptors (Lipinski definition) is 4. The molecule has 1 aliphatic rings. The fourth-order valence-electron chi connectivity index (χ4n) is 2.19. The number of amides is 3. The number of hydrogen-bond donors (Lipinski definition) is 2. The summed E-state index contributed by atoms with van der Waals surface area (Å²) in [5, 5.41) is 8.61. The number of carbonyl (C=O) groups is 2. The summed E-state index contributed by atoms with van der Waals surface area (Å²) in [6.45, 7) is 0.912. The molecule has 0 unspecified atom stereocenters. The summed E-state index contributed by atoms with van der Waals surface area (Å²) in [5.41, 5.74) is 1.60. The third kappa shape index (κ3) is 4.55. The summed E-state index contributed by atoms with van der Waals surface area (Å²) in [5.74, 6) is -0.0312. The SMILES string of the molecule is CN(Cc1nccs1)C(=O)NCc1ccc(C(=O)NC2CC2)cc1. The van der Waals surface area contributed by atoms with Gasteiger partial charge in [-0.25, -0.2) is 9.78 Å². The zero-order valence-electron chi connectivity index (χ0n) is 13.5. The average molecular weight is 344 g/mol. The van der Waals surface area contributed by atoms with Crippen molar-refractivity contribution < 1.29 is 9.59 Å². The van der Waals surface area contributed by atoms with Crippen LogP contribution in [0.2, 0.25) is 0 Å². The lowest BCUT2D eigenvalue weighted by atomic mass is 10.1. The van der Waals surface area contributed by atoms with E-state index >= 15 is 0 Å². The maximum absolute atomic E-state index is 12.1. The number of aromatic nitrogens is 1. The second-order valence-corrected chi connectivity index (χ2v) is 6.86. The van der Waals surface area contributed by atoms with Gasteiger partial charge in [0.25, 0.3) is 5.91 Å². The fourth-order valence-corrected chi connectivity index (χ4v) is 2.86. The van der Waals surface area contributed by atoms with Crippen molar-refractivity contribution in [3.8, 4) is 0 Å². The van der Waals surface area contributed by atoms with Crippen LogP contribution in [0.4, 0.5) is 4.79 Å². The predicted molar refractivity (Wildman–Crippen MR) is 92.7 cm³/mol. The summed E-state index contributed by atoms with van der Waals surface area (Å²) < 4.78 is 0. The van der Waals surface area contributed by atoms with Gasteiger partial charge in [-0.3, -0.25) is 4.79 Å². The largest absolute Gasteiger partial charge is 0.349 e. The lowest BCUT2D eigenvalue weighted by Gasteiger charge is -2.16. The van der Waals surface area contributed by atoms with E-state index in [0.29, 0.717) is 24.7 Å². The van der Waals surface area contributed by atoms with Gasteiger partial charge < -0.3 is 15.5 Å². The van der Waals surface area contributed by atoms with E-state index < -0.39 is 0 Å². The molecule has 6 nitrogen and oxygen atoms in total. The third-order valence-corrected chi connectivity index (χ3v) is 4.54. The molecule has 1 aliphatic carbocycles. The van der Waals surface area contributed by atoms with Crippen LogP contribution in [0.25, 0.3) is 0 Å². The first kappa shape index (κ1) is 16.4. The summed E-state index contributed by atoms with van der Waals surface area (Å²) in [6.07, 6.45) is 3.88. The molecule has 1 saturated carbocycles. The highest BCUT2D eigenvalue weighted by Crippen LogP contribution is 2.19. The van der Waals surface area contributed by atoms with E-state index in [1.54, 1.807) is 30.3 Å². The van der Waals surface area contributed by atoms with Crippen LogP contribution in [0.15, 0.2) is 35.8 Å². The van der Waals surface area contributed by atoms with Gasteiger partial charge in [0, 0.05) is 36.8 Å². The molecular formula is C17H20N4O2S. The van der Waals surface area contributed by atoms with E-state index in [-0.39, 0.29) is 11.9 Å². The van der Waals surface area contributed by atoms with Crippen molar-refractivity contribution in [2.45, 2.75) is 32.0 Å². The van der Waals surface area contributed by atoms with Crippen LogP contribution >= 0.6 is 11.3 Å². The highest BCUT2D eigenvalue weighted by molar-refractivity contribution is 7.09. The van der Waals surface area contributed by atoms with E-state index in [0.717, 1.165) is 23.4 Å². The topological polar surface area (TPSA) is 74.3 Å². The normalized spacial score (nSPS) is 13.4. The molecule has 1 aromatic heterocycles. The summed E-state index contributed by atoms with van der Waals surface area (Å²) in [4.78, 5) is 29.8. The van der Waals surface area contributed by atoms with Crippen molar-refractivity contribution in [2.24, 2.45) is 0 Å². The lowest BCUT2D eigenvalue weighted by molar-refractivity contribution is 0.0951. The van der Waals surface area contributed by atoms with Crippen molar-refractivity contribution in [3.63, 3.8) is 0 Å². The number of rotatable bonds is 6. The van der Waals surface area contributed by atoms with Gasteiger partial charge in [0.2, 0.25) is 0 Å². The average Bonchev–Trinajstić information content (AvgIpc) is 3.25. The molecule has 24 heavy (non-hydrogen) atoms. The standard InChI is InChI=1S/C17H20N4O2S/c1-21(11-15-18-8-9-24-15)17(23)19-10-12-2-4-13(5-3-12)16(22)20-14-6-7-14/h2-5,8-9,14H,6-7,10-11H2,1H3,(H,19,23)(H,20,22). The van der Waals surface area contributed by atoms with Gasteiger partial charge in [-0.15, -0.1) is 11.3 Å². The molecule has 2 N–H and O–H groups in total. The van der Waals surface area contributed by atoms with E-state index in [9.17, 15) is 9.59 Å². The smallest absolute Gasteiger partial charge is 0.317 e. The third-order valence-electron chi connectivity index (χ3n) is 3.78. The Labute approximate surface area is 144 Å². The first-order valence-corrected chi connectivity index (χ1v) is 8.77. The van der Waals surface area contributed by atoms with Gasteiger partial charge >= 0.3 is 6.03 Å². The van der Waals surface area contributed by atoms with Crippen LogP contribution in [-0.2, 0) is 13.1 Å². The molecular weight excluding hydrogens is 324 g/mol. The van der Waals surface area contributed by atoms with Crippen molar-refractivity contribution in [2.75, 3.05) is 7.05 Å². The highest BCUT2D eigenvalue weighted by atomic mass is 32.1. The van der Waals surface area contributed by atoms with Crippen LogP contribution in [0.5, 0.6) is 0 Å². The first-order valence-electron chi connectivity index (χ1n) is 7.89. The zero-order chi connectivity index (χ0) is 16.9. The Morgan fingerprint density at radius 2 is 2.04 bits per heavy atom. The molecule has 0 aliphatic heterocycles. The molecule has 0 saturated heterocycles. The highest BCUT2D eigenvalue weighted by Gasteiger charge is 2.23. The number of carbonyl (C=O) groups excluding carboxylic acids is 2. The van der Waals surface area contributed by atoms with Crippen molar-refractivity contribution in [1.29, 1.82) is 0 Å². The van der Waals surface area contributed by atoms with Gasteiger partial charge in [-0.2, -0.15) is 0 Å². The number of benzene rings is 1. The maximum Gasteiger partial charge on any atom is 0.317 e. The minimum Gasteiger partial charge on any atom is -0.349 e. The molecule has 2 aromatic rings. The molecule has 1 fully saturated rings. The monoisotopic (exact) mass is 344 g/mol. The molecule has 0 bridgehead atoms. The van der Waals surface area contributed by atoms with Gasteiger partial charge in [0.15, 0.2) is 0 Å². The van der Waals surface area contributed by atoms with E-state index in [1.807, 2.05) is 17.5 Å². The Morgan fingerprint density at radius 1 is 1.29 bits per heavy atom. The summed E-state index contributed by atoms with van der Waals surface area (Å²) in [6, 6.07) is 7.51. The van der Waals surface area contributed by atoms with Crippen LogP contribution in [0.1, 0.15) is 33.8 Å². The van der Waals surface area contributed by atoms with Gasteiger partial charge in [0.1, 0.15) is 5.01 Å². The summed E-state index contributed by atoms with van der Waals surface area (Å²) >= 11 is 1.53. The lowest BCUT2D eigenvalue weighted by Crippen LogP contribution is -2.36. The number of urea groups is 1. The van der Waals surface area contributed by atoms with Gasteiger partial charge in [-0.05, 0) is 30.5 Å². The zero-order valence-corrected chi connectivity index (χ0v) is 14.3. The van der Waals surface area contributed by atoms with Gasteiger partial charge in [0.05, 0.1) is 6.54 Å². The maximum atomic E-state index is 12.1. The predicted octanol–water partition coefficient (Wildman–Crippen LogP) is 2.38. The van der Waals surface area contributed by atoms with E-state index in [4.69, 9.17) is 0 Å². The Morgan fingerprint density at radius 3 is 2.67 bits per heavy atom. The Bertz CT molecular complexity index is 696. The van der Waals surface area contributed by atoms with Crippen LogP contribution in [0, 0.1) is 0 Å². The second kappa shape index (κ2) is 7.44. The second-order valence-electron chi connectivity index (χ2n) is 5.89. The molecule has 0 atom stereocenters. The van der Waals surface area contributed by atoms with Crippen molar-refractivity contribution in [3.05, 3.63) is 52.0 Å². The van der Waals surface area contributed by atoms with Gasteiger partial charge in [-0.1, -0.05) is 12.1 Å². The Balaban J connectivity index is 1.46. The molecule has 0 spiro atoms. The van der Waals surface area contributed by atoms with Crippen LogP contribution in [0.3, 0.4) is 0 Å². The van der Waals surface area contributed by atoms with Crippen LogP contribution in [-0.4, -0.2) is 34.9 Å². The Hall–Kier alpha value is -2.41. The van der Waals surface area contributed by atoms with Crippen molar-refractivity contribution >= 4 is 23.3 Å².